The fourth-order valence-corrected chi connectivity index (χ4v) is 4.43. The summed E-state index contributed by atoms with van der Waals surface area (Å²) in [6.07, 6.45) is 0. The minimum Gasteiger partial charge on any atom is -0.508 e. The fraction of sp³-hybridized carbons (Fsp3) is 0.208. The first-order valence-electron chi connectivity index (χ1n) is 9.82. The van der Waals surface area contributed by atoms with Crippen LogP contribution in [-0.2, 0) is 10.3 Å². The van der Waals surface area contributed by atoms with Crippen molar-refractivity contribution in [2.24, 2.45) is 0 Å². The molecular weight excluding hydrogens is 366 g/mol. The molecule has 2 heterocycles. The summed E-state index contributed by atoms with van der Waals surface area (Å²) in [6, 6.07) is 18.3. The zero-order valence-corrected chi connectivity index (χ0v) is 16.3. The van der Waals surface area contributed by atoms with Gasteiger partial charge in [-0.05, 0) is 50.2 Å². The molecule has 5 rings (SSSR count). The van der Waals surface area contributed by atoms with Crippen LogP contribution in [-0.4, -0.2) is 24.2 Å². The van der Waals surface area contributed by atoms with Gasteiger partial charge in [0.2, 0.25) is 0 Å². The molecule has 0 bridgehead atoms. The topological polar surface area (TPSA) is 59.0 Å². The van der Waals surface area contributed by atoms with Crippen LogP contribution in [0.25, 0.3) is 0 Å². The number of benzene rings is 3. The number of carbonyl (C=O) groups excluding carboxylic acids is 1. The molecular formula is C24H21NO4. The van der Waals surface area contributed by atoms with Crippen LogP contribution in [0.15, 0.2) is 60.7 Å². The maximum Gasteiger partial charge on any atom is 0.340 e. The molecule has 1 unspecified atom stereocenters. The normalized spacial score (nSPS) is 18.5. The Kier molecular flexibility index (Phi) is 3.81. The highest BCUT2D eigenvalue weighted by molar-refractivity contribution is 5.97. The van der Waals surface area contributed by atoms with Crippen LogP contribution >= 0.6 is 0 Å². The number of nitrogens with zero attached hydrogens (tertiary/aromatic N) is 1. The first-order valence-corrected chi connectivity index (χ1v) is 9.82. The van der Waals surface area contributed by atoms with E-state index in [-0.39, 0.29) is 11.7 Å². The first kappa shape index (κ1) is 17.6. The average Bonchev–Trinajstić information content (AvgIpc) is 3.03. The number of anilines is 1. The van der Waals surface area contributed by atoms with Gasteiger partial charge in [-0.2, -0.15) is 0 Å². The number of hydrogen-bond acceptors (Lipinski definition) is 5. The highest BCUT2D eigenvalue weighted by Crippen LogP contribution is 2.56. The molecule has 146 valence electrons. The van der Waals surface area contributed by atoms with Gasteiger partial charge < -0.3 is 19.5 Å². The van der Waals surface area contributed by atoms with Gasteiger partial charge in [-0.3, -0.25) is 0 Å². The molecule has 0 saturated carbocycles. The quantitative estimate of drug-likeness (QED) is 0.654. The van der Waals surface area contributed by atoms with E-state index in [1.54, 1.807) is 24.3 Å². The predicted octanol–water partition coefficient (Wildman–Crippen LogP) is 4.81. The molecule has 1 spiro atoms. The lowest BCUT2D eigenvalue weighted by Crippen LogP contribution is -2.33. The lowest BCUT2D eigenvalue weighted by molar-refractivity contribution is 0.0223. The Morgan fingerprint density at radius 2 is 1.69 bits per heavy atom. The Morgan fingerprint density at radius 1 is 0.897 bits per heavy atom. The monoisotopic (exact) mass is 387 g/mol. The smallest absolute Gasteiger partial charge is 0.340 e. The Balaban J connectivity index is 1.81. The largest absolute Gasteiger partial charge is 0.508 e. The van der Waals surface area contributed by atoms with E-state index < -0.39 is 5.60 Å². The summed E-state index contributed by atoms with van der Waals surface area (Å²) in [5.74, 6) is 0.930. The van der Waals surface area contributed by atoms with E-state index in [9.17, 15) is 9.90 Å². The first-order chi connectivity index (χ1) is 14.1. The molecule has 29 heavy (non-hydrogen) atoms. The molecule has 0 saturated heterocycles. The number of phenolic OH excluding ortho intramolecular Hbond substituents is 1. The van der Waals surface area contributed by atoms with Gasteiger partial charge >= 0.3 is 5.97 Å². The van der Waals surface area contributed by atoms with Gasteiger partial charge in [-0.1, -0.05) is 18.2 Å². The second-order valence-corrected chi connectivity index (χ2v) is 7.25. The SMILES string of the molecule is CCN(CC)c1ccc2c(c1)Oc1ccc(O)cc1C21OC(=O)c2ccccc21. The molecule has 1 atom stereocenters. The molecule has 2 aliphatic heterocycles. The van der Waals surface area contributed by atoms with Crippen molar-refractivity contribution in [3.63, 3.8) is 0 Å². The van der Waals surface area contributed by atoms with Crippen LogP contribution in [0, 0.1) is 0 Å². The van der Waals surface area contributed by atoms with Crippen LogP contribution in [0.4, 0.5) is 5.69 Å². The molecule has 1 N–H and O–H groups in total. The molecule has 0 aromatic heterocycles. The summed E-state index contributed by atoms with van der Waals surface area (Å²) in [6.45, 7) is 5.97. The van der Waals surface area contributed by atoms with Crippen LogP contribution in [0.2, 0.25) is 0 Å². The lowest BCUT2D eigenvalue weighted by Gasteiger charge is -2.37. The van der Waals surface area contributed by atoms with Crippen molar-refractivity contribution in [2.45, 2.75) is 19.4 Å². The van der Waals surface area contributed by atoms with Gasteiger partial charge in [0, 0.05) is 36.0 Å². The minimum absolute atomic E-state index is 0.0929. The van der Waals surface area contributed by atoms with E-state index in [2.05, 4.69) is 18.7 Å². The molecule has 0 fully saturated rings. The lowest BCUT2D eigenvalue weighted by atomic mass is 9.77. The molecule has 0 amide bonds. The summed E-state index contributed by atoms with van der Waals surface area (Å²) in [7, 11) is 0. The summed E-state index contributed by atoms with van der Waals surface area (Å²) in [4.78, 5) is 15.0. The maximum atomic E-state index is 12.8. The van der Waals surface area contributed by atoms with Gasteiger partial charge in [0.15, 0.2) is 5.60 Å². The van der Waals surface area contributed by atoms with E-state index in [0.29, 0.717) is 22.6 Å². The maximum absolute atomic E-state index is 12.8. The van der Waals surface area contributed by atoms with Crippen LogP contribution in [0.5, 0.6) is 17.2 Å². The Hall–Kier alpha value is -3.47. The van der Waals surface area contributed by atoms with Crippen LogP contribution in [0.1, 0.15) is 40.9 Å². The Bertz CT molecular complexity index is 1140. The standard InChI is InChI=1S/C24H21NO4/c1-3-25(4-2)15-9-11-19-22(13-15)28-21-12-10-16(26)14-20(21)24(19)18-8-6-5-7-17(18)23(27)29-24/h5-14,26H,3-4H2,1-2H3. The number of aromatic hydroxyl groups is 1. The number of hydrogen-bond donors (Lipinski definition) is 1. The highest BCUT2D eigenvalue weighted by Gasteiger charge is 2.53. The number of esters is 1. The van der Waals surface area contributed by atoms with E-state index in [1.165, 1.54) is 0 Å². The fourth-order valence-electron chi connectivity index (χ4n) is 4.43. The van der Waals surface area contributed by atoms with Crippen LogP contribution < -0.4 is 9.64 Å². The molecule has 3 aromatic carbocycles. The van der Waals surface area contributed by atoms with Crippen molar-refractivity contribution in [1.82, 2.24) is 0 Å². The van der Waals surface area contributed by atoms with Crippen molar-refractivity contribution in [1.29, 1.82) is 0 Å². The van der Waals surface area contributed by atoms with Gasteiger partial charge in [-0.15, -0.1) is 0 Å². The number of carbonyl (C=O) groups is 1. The van der Waals surface area contributed by atoms with E-state index >= 15 is 0 Å². The van der Waals surface area contributed by atoms with Gasteiger partial charge in [0.1, 0.15) is 17.2 Å². The average molecular weight is 387 g/mol. The summed E-state index contributed by atoms with van der Waals surface area (Å²) in [5.41, 5.74) is 2.57. The van der Waals surface area contributed by atoms with Crippen molar-refractivity contribution in [2.75, 3.05) is 18.0 Å². The van der Waals surface area contributed by atoms with Crippen molar-refractivity contribution < 1.29 is 19.4 Å². The summed E-state index contributed by atoms with van der Waals surface area (Å²) < 4.78 is 12.3. The van der Waals surface area contributed by atoms with Crippen molar-refractivity contribution >= 4 is 11.7 Å². The second-order valence-electron chi connectivity index (χ2n) is 7.25. The van der Waals surface area contributed by atoms with Gasteiger partial charge in [0.05, 0.1) is 11.1 Å². The third-order valence-electron chi connectivity index (χ3n) is 5.81. The molecule has 3 aromatic rings. The number of fused-ring (bicyclic) bond motifs is 6. The number of phenols is 1. The molecule has 2 aliphatic rings. The summed E-state index contributed by atoms with van der Waals surface area (Å²) in [5, 5.41) is 10.2. The van der Waals surface area contributed by atoms with Crippen LogP contribution in [0.3, 0.4) is 0 Å². The Labute approximate surface area is 169 Å². The number of rotatable bonds is 3. The second kappa shape index (κ2) is 6.27. The minimum atomic E-state index is -1.14. The zero-order valence-electron chi connectivity index (χ0n) is 16.3. The predicted molar refractivity (Wildman–Crippen MR) is 110 cm³/mol. The molecule has 0 aliphatic carbocycles. The zero-order chi connectivity index (χ0) is 20.2. The number of ether oxygens (including phenoxy) is 2. The molecule has 5 nitrogen and oxygen atoms in total. The third-order valence-corrected chi connectivity index (χ3v) is 5.81. The van der Waals surface area contributed by atoms with Gasteiger partial charge in [-0.25, -0.2) is 4.79 Å². The Morgan fingerprint density at radius 3 is 2.48 bits per heavy atom. The van der Waals surface area contributed by atoms with E-state index in [4.69, 9.17) is 9.47 Å². The molecule has 5 heteroatoms. The van der Waals surface area contributed by atoms with Crippen molar-refractivity contribution in [3.05, 3.63) is 82.9 Å². The molecule has 0 radical (unpaired) electrons. The van der Waals surface area contributed by atoms with Gasteiger partial charge in [0.25, 0.3) is 0 Å². The van der Waals surface area contributed by atoms with Crippen molar-refractivity contribution in [3.8, 4) is 17.2 Å². The van der Waals surface area contributed by atoms with E-state index in [0.717, 1.165) is 29.9 Å². The highest BCUT2D eigenvalue weighted by atomic mass is 16.6. The summed E-state index contributed by atoms with van der Waals surface area (Å²) >= 11 is 0. The van der Waals surface area contributed by atoms with E-state index in [1.807, 2.05) is 36.4 Å². The third kappa shape index (κ3) is 2.37.